The van der Waals surface area contributed by atoms with Crippen LogP contribution in [0.25, 0.3) is 0 Å². The van der Waals surface area contributed by atoms with Gasteiger partial charge in [-0.15, -0.1) is 0 Å². The Morgan fingerprint density at radius 3 is 2.14 bits per heavy atom. The van der Waals surface area contributed by atoms with Gasteiger partial charge in [0.2, 0.25) is 0 Å². The Kier molecular flexibility index (Phi) is 14.5. The highest BCUT2D eigenvalue weighted by molar-refractivity contribution is 5.69. The van der Waals surface area contributed by atoms with Gasteiger partial charge in [0, 0.05) is 19.6 Å². The molecule has 1 aliphatic heterocycles. The normalized spacial score (nSPS) is 19.0. The second-order valence-electron chi connectivity index (χ2n) is 9.72. The molecular weight excluding hydrogens is 360 g/mol. The predicted octanol–water partition coefficient (Wildman–Crippen LogP) is 6.73. The fourth-order valence-electron chi connectivity index (χ4n) is 4.51. The van der Waals surface area contributed by atoms with Crippen molar-refractivity contribution in [2.75, 3.05) is 33.2 Å². The first kappa shape index (κ1) is 26.3. The molecule has 0 radical (unpaired) electrons. The second kappa shape index (κ2) is 16.0. The summed E-state index contributed by atoms with van der Waals surface area (Å²) >= 11 is 0. The van der Waals surface area contributed by atoms with Crippen molar-refractivity contribution < 1.29 is 9.53 Å². The van der Waals surface area contributed by atoms with Crippen molar-refractivity contribution in [3.05, 3.63) is 0 Å². The van der Waals surface area contributed by atoms with Gasteiger partial charge in [-0.1, -0.05) is 85.5 Å². The second-order valence-corrected chi connectivity index (χ2v) is 9.72. The smallest absolute Gasteiger partial charge is 0.410 e. The molecule has 3 atom stereocenters. The number of likely N-dealkylation sites (N-methyl/N-ethyl adjacent to an activating group) is 1. The fourth-order valence-corrected chi connectivity index (χ4v) is 4.51. The third-order valence-corrected chi connectivity index (χ3v) is 6.31. The highest BCUT2D eigenvalue weighted by Gasteiger charge is 2.31. The molecule has 29 heavy (non-hydrogen) atoms. The van der Waals surface area contributed by atoms with Gasteiger partial charge in [-0.3, -0.25) is 0 Å². The number of amides is 1. The molecule has 1 heterocycles. The van der Waals surface area contributed by atoms with Crippen molar-refractivity contribution in [3.8, 4) is 0 Å². The number of nitrogens with zero attached hydrogens (tertiary/aromatic N) is 2. The lowest BCUT2D eigenvalue weighted by molar-refractivity contribution is 0.109. The molecule has 1 aliphatic rings. The van der Waals surface area contributed by atoms with Gasteiger partial charge in [-0.2, -0.15) is 0 Å². The zero-order valence-electron chi connectivity index (χ0n) is 20.3. The average molecular weight is 411 g/mol. The van der Waals surface area contributed by atoms with E-state index in [0.29, 0.717) is 5.92 Å². The van der Waals surface area contributed by atoms with Crippen molar-refractivity contribution in [2.24, 2.45) is 11.8 Å². The van der Waals surface area contributed by atoms with E-state index < -0.39 is 0 Å². The van der Waals surface area contributed by atoms with E-state index in [4.69, 9.17) is 4.74 Å². The molecule has 1 amide bonds. The van der Waals surface area contributed by atoms with Gasteiger partial charge in [-0.25, -0.2) is 4.79 Å². The molecule has 0 bridgehead atoms. The van der Waals surface area contributed by atoms with Crippen LogP contribution in [0, 0.1) is 11.8 Å². The van der Waals surface area contributed by atoms with E-state index >= 15 is 0 Å². The minimum Gasteiger partial charge on any atom is -0.443 e. The van der Waals surface area contributed by atoms with Crippen LogP contribution in [0.3, 0.4) is 0 Å². The van der Waals surface area contributed by atoms with Crippen molar-refractivity contribution in [2.45, 2.75) is 111 Å². The van der Waals surface area contributed by atoms with E-state index in [1.165, 1.54) is 70.6 Å². The molecule has 0 aromatic carbocycles. The molecule has 4 heteroatoms. The minimum absolute atomic E-state index is 0.0336. The standard InChI is InChI=1S/C25H50N2O2/c1-6-8-10-12-15-22(3)17-14-18-27-21-24(29-25(27)28)20-26(5)19-23(4)16-13-11-9-7-2/h22-24H,6-21H2,1-5H3/t22?,23?,24-/m1/s1. The summed E-state index contributed by atoms with van der Waals surface area (Å²) in [5.41, 5.74) is 0. The molecule has 0 saturated carbocycles. The van der Waals surface area contributed by atoms with E-state index in [2.05, 4.69) is 39.6 Å². The molecule has 1 rings (SSSR count). The Bertz CT molecular complexity index is 416. The quantitative estimate of drug-likeness (QED) is 0.235. The third kappa shape index (κ3) is 12.5. The zero-order chi connectivity index (χ0) is 21.5. The van der Waals surface area contributed by atoms with Crippen molar-refractivity contribution >= 4 is 6.09 Å². The van der Waals surface area contributed by atoms with E-state index in [0.717, 1.165) is 38.5 Å². The zero-order valence-corrected chi connectivity index (χ0v) is 20.3. The SMILES string of the molecule is CCCCCCC(C)CCCN1C[C@@H](CN(C)CC(C)CCCCCC)OC1=O. The molecule has 0 N–H and O–H groups in total. The van der Waals surface area contributed by atoms with Gasteiger partial charge in [0.15, 0.2) is 0 Å². The molecular formula is C25H50N2O2. The number of unbranched alkanes of at least 4 members (excludes halogenated alkanes) is 6. The number of hydrogen-bond donors (Lipinski definition) is 0. The highest BCUT2D eigenvalue weighted by Crippen LogP contribution is 2.19. The fraction of sp³-hybridized carbons (Fsp3) is 0.960. The molecule has 0 spiro atoms. The van der Waals surface area contributed by atoms with Gasteiger partial charge in [-0.05, 0) is 38.1 Å². The average Bonchev–Trinajstić information content (AvgIpc) is 3.01. The summed E-state index contributed by atoms with van der Waals surface area (Å²) in [6.07, 6.45) is 15.6. The summed E-state index contributed by atoms with van der Waals surface area (Å²) in [5, 5.41) is 0. The van der Waals surface area contributed by atoms with E-state index in [1.807, 2.05) is 4.90 Å². The van der Waals surface area contributed by atoms with Gasteiger partial charge < -0.3 is 14.5 Å². The van der Waals surface area contributed by atoms with Crippen LogP contribution >= 0.6 is 0 Å². The summed E-state index contributed by atoms with van der Waals surface area (Å²) in [7, 11) is 2.17. The van der Waals surface area contributed by atoms with Crippen molar-refractivity contribution in [1.82, 2.24) is 9.80 Å². The molecule has 0 aromatic heterocycles. The highest BCUT2D eigenvalue weighted by atomic mass is 16.6. The van der Waals surface area contributed by atoms with Crippen LogP contribution in [0.2, 0.25) is 0 Å². The summed E-state index contributed by atoms with van der Waals surface area (Å²) < 4.78 is 5.63. The van der Waals surface area contributed by atoms with Crippen LogP contribution in [-0.2, 0) is 4.74 Å². The van der Waals surface area contributed by atoms with Crippen molar-refractivity contribution in [3.63, 3.8) is 0 Å². The first-order valence-corrected chi connectivity index (χ1v) is 12.6. The lowest BCUT2D eigenvalue weighted by Crippen LogP contribution is -2.35. The number of cyclic esters (lactones) is 1. The molecule has 0 aliphatic carbocycles. The molecule has 4 nitrogen and oxygen atoms in total. The maximum atomic E-state index is 12.2. The van der Waals surface area contributed by atoms with Crippen molar-refractivity contribution in [1.29, 1.82) is 0 Å². The van der Waals surface area contributed by atoms with Crippen LogP contribution in [0.15, 0.2) is 0 Å². The third-order valence-electron chi connectivity index (χ3n) is 6.31. The van der Waals surface area contributed by atoms with E-state index in [9.17, 15) is 4.79 Å². The van der Waals surface area contributed by atoms with Crippen LogP contribution in [0.1, 0.15) is 105 Å². The lowest BCUT2D eigenvalue weighted by atomic mass is 9.98. The van der Waals surface area contributed by atoms with Crippen LogP contribution < -0.4 is 0 Å². The Morgan fingerprint density at radius 1 is 0.931 bits per heavy atom. The van der Waals surface area contributed by atoms with Gasteiger partial charge in [0.25, 0.3) is 0 Å². The molecule has 1 fully saturated rings. The summed E-state index contributed by atoms with van der Waals surface area (Å²) in [5.74, 6) is 1.48. The predicted molar refractivity (Wildman–Crippen MR) is 124 cm³/mol. The summed E-state index contributed by atoms with van der Waals surface area (Å²) in [6.45, 7) is 12.8. The Hall–Kier alpha value is -0.770. The van der Waals surface area contributed by atoms with Crippen LogP contribution in [0.4, 0.5) is 4.79 Å². The number of rotatable bonds is 18. The topological polar surface area (TPSA) is 32.8 Å². The summed E-state index contributed by atoms with van der Waals surface area (Å²) in [4.78, 5) is 16.5. The van der Waals surface area contributed by atoms with Gasteiger partial charge in [0.1, 0.15) is 6.10 Å². The van der Waals surface area contributed by atoms with Crippen LogP contribution in [0.5, 0.6) is 0 Å². The Labute approximate surface area is 181 Å². The van der Waals surface area contributed by atoms with Crippen LogP contribution in [-0.4, -0.2) is 55.2 Å². The van der Waals surface area contributed by atoms with Gasteiger partial charge in [0.05, 0.1) is 6.54 Å². The van der Waals surface area contributed by atoms with E-state index in [-0.39, 0.29) is 12.2 Å². The molecule has 0 aromatic rings. The largest absolute Gasteiger partial charge is 0.443 e. The molecule has 1 saturated heterocycles. The molecule has 2 unspecified atom stereocenters. The monoisotopic (exact) mass is 410 g/mol. The number of carbonyl (C=O) groups excluding carboxylic acids is 1. The number of carbonyl (C=O) groups is 1. The Morgan fingerprint density at radius 2 is 1.52 bits per heavy atom. The number of ether oxygens (including phenoxy) is 1. The first-order chi connectivity index (χ1) is 14.0. The summed E-state index contributed by atoms with van der Waals surface area (Å²) in [6, 6.07) is 0. The van der Waals surface area contributed by atoms with Gasteiger partial charge >= 0.3 is 6.09 Å². The first-order valence-electron chi connectivity index (χ1n) is 12.6. The number of hydrogen-bond acceptors (Lipinski definition) is 3. The maximum absolute atomic E-state index is 12.2. The Balaban J connectivity index is 2.16. The lowest BCUT2D eigenvalue weighted by Gasteiger charge is -2.23. The minimum atomic E-state index is -0.105. The van der Waals surface area contributed by atoms with E-state index in [1.54, 1.807) is 0 Å². The molecule has 172 valence electrons. The maximum Gasteiger partial charge on any atom is 0.410 e.